The number of piperazine rings is 1. The minimum atomic E-state index is -0.0843. The van der Waals surface area contributed by atoms with Gasteiger partial charge in [-0.15, -0.1) is 0 Å². The van der Waals surface area contributed by atoms with E-state index in [2.05, 4.69) is 70.2 Å². The SMILES string of the molecule is Cc1cccc(C[C@H]2SC(N3CCN(c4ccccc4)CC3)=NC2=O)c1. The van der Waals surface area contributed by atoms with Gasteiger partial charge in [0.2, 0.25) is 0 Å². The number of hydrogen-bond donors (Lipinski definition) is 0. The summed E-state index contributed by atoms with van der Waals surface area (Å²) in [5, 5.41) is 0.819. The molecule has 0 unspecified atom stereocenters. The van der Waals surface area contributed by atoms with Crippen molar-refractivity contribution in [2.45, 2.75) is 18.6 Å². The number of aliphatic imine (C=N–C) groups is 1. The maximum absolute atomic E-state index is 12.4. The van der Waals surface area contributed by atoms with Gasteiger partial charge in [-0.25, -0.2) is 0 Å². The van der Waals surface area contributed by atoms with Crippen molar-refractivity contribution in [1.29, 1.82) is 0 Å². The summed E-state index contributed by atoms with van der Waals surface area (Å²) >= 11 is 1.63. The fourth-order valence-corrected chi connectivity index (χ4v) is 4.65. The van der Waals surface area contributed by atoms with E-state index >= 15 is 0 Å². The number of amides is 1. The van der Waals surface area contributed by atoms with E-state index in [4.69, 9.17) is 0 Å². The van der Waals surface area contributed by atoms with E-state index in [0.29, 0.717) is 0 Å². The Balaban J connectivity index is 1.35. The number of para-hydroxylation sites is 1. The van der Waals surface area contributed by atoms with Crippen LogP contribution >= 0.6 is 11.8 Å². The van der Waals surface area contributed by atoms with E-state index in [1.165, 1.54) is 16.8 Å². The summed E-state index contributed by atoms with van der Waals surface area (Å²) in [4.78, 5) is 21.4. The third-order valence-electron chi connectivity index (χ3n) is 4.90. The van der Waals surface area contributed by atoms with Crippen molar-refractivity contribution in [2.24, 2.45) is 4.99 Å². The summed E-state index contributed by atoms with van der Waals surface area (Å²) in [6, 6.07) is 18.9. The highest BCUT2D eigenvalue weighted by molar-refractivity contribution is 8.15. The third kappa shape index (κ3) is 3.78. The second-order valence-electron chi connectivity index (χ2n) is 6.84. The van der Waals surface area contributed by atoms with Crippen molar-refractivity contribution in [3.8, 4) is 0 Å². The zero-order valence-corrected chi connectivity index (χ0v) is 15.8. The summed E-state index contributed by atoms with van der Waals surface area (Å²) in [5.41, 5.74) is 3.71. The molecule has 4 rings (SSSR count). The largest absolute Gasteiger partial charge is 0.368 e. The van der Waals surface area contributed by atoms with Crippen molar-refractivity contribution in [3.63, 3.8) is 0 Å². The van der Waals surface area contributed by atoms with Gasteiger partial charge in [0.05, 0.1) is 5.25 Å². The lowest BCUT2D eigenvalue weighted by atomic mass is 10.1. The topological polar surface area (TPSA) is 35.9 Å². The molecule has 134 valence electrons. The molecule has 26 heavy (non-hydrogen) atoms. The summed E-state index contributed by atoms with van der Waals surface area (Å²) < 4.78 is 0. The molecule has 1 saturated heterocycles. The molecule has 2 aliphatic heterocycles. The number of benzene rings is 2. The van der Waals surface area contributed by atoms with E-state index in [-0.39, 0.29) is 11.2 Å². The predicted molar refractivity (Wildman–Crippen MR) is 109 cm³/mol. The van der Waals surface area contributed by atoms with Crippen molar-refractivity contribution in [2.75, 3.05) is 31.1 Å². The van der Waals surface area contributed by atoms with Crippen LogP contribution in [0.1, 0.15) is 11.1 Å². The molecule has 0 aromatic heterocycles. The van der Waals surface area contributed by atoms with Crippen LogP contribution in [0.15, 0.2) is 59.6 Å². The molecule has 1 amide bonds. The van der Waals surface area contributed by atoms with Crippen molar-refractivity contribution in [1.82, 2.24) is 4.90 Å². The molecule has 0 saturated carbocycles. The van der Waals surface area contributed by atoms with Gasteiger partial charge in [0.25, 0.3) is 5.91 Å². The highest BCUT2D eigenvalue weighted by atomic mass is 32.2. The third-order valence-corrected chi connectivity index (χ3v) is 6.12. The van der Waals surface area contributed by atoms with Crippen LogP contribution in [0.5, 0.6) is 0 Å². The maximum Gasteiger partial charge on any atom is 0.262 e. The number of hydrogen-bond acceptors (Lipinski definition) is 4. The van der Waals surface area contributed by atoms with Crippen LogP contribution in [0.25, 0.3) is 0 Å². The van der Waals surface area contributed by atoms with Crippen LogP contribution < -0.4 is 4.90 Å². The Hall–Kier alpha value is -2.27. The highest BCUT2D eigenvalue weighted by Crippen LogP contribution is 2.29. The number of carbonyl (C=O) groups is 1. The fraction of sp³-hybridized carbons (Fsp3) is 0.333. The lowest BCUT2D eigenvalue weighted by molar-refractivity contribution is -0.117. The normalized spacial score (nSPS) is 20.4. The number of aryl methyl sites for hydroxylation is 1. The molecular formula is C21H23N3OS. The number of rotatable bonds is 3. The number of amidine groups is 1. The molecule has 0 bridgehead atoms. The van der Waals surface area contributed by atoms with Crippen LogP contribution in [-0.4, -0.2) is 47.4 Å². The molecule has 0 spiro atoms. The minimum absolute atomic E-state index is 0.0111. The van der Waals surface area contributed by atoms with Crippen LogP contribution in [0.3, 0.4) is 0 Å². The molecule has 4 nitrogen and oxygen atoms in total. The Labute approximate surface area is 158 Å². The molecule has 0 radical (unpaired) electrons. The monoisotopic (exact) mass is 365 g/mol. The maximum atomic E-state index is 12.4. The molecule has 1 fully saturated rings. The smallest absolute Gasteiger partial charge is 0.262 e. The van der Waals surface area contributed by atoms with Crippen molar-refractivity contribution in [3.05, 3.63) is 65.7 Å². The average molecular weight is 366 g/mol. The van der Waals surface area contributed by atoms with E-state index in [0.717, 1.165) is 37.8 Å². The Morgan fingerprint density at radius 2 is 1.73 bits per heavy atom. The van der Waals surface area contributed by atoms with Crippen LogP contribution in [0, 0.1) is 6.92 Å². The molecule has 2 heterocycles. The van der Waals surface area contributed by atoms with Gasteiger partial charge >= 0.3 is 0 Å². The lowest BCUT2D eigenvalue weighted by Gasteiger charge is -2.36. The molecule has 1 atom stereocenters. The quantitative estimate of drug-likeness (QED) is 0.836. The molecule has 2 aromatic carbocycles. The van der Waals surface area contributed by atoms with E-state index in [1.807, 2.05) is 6.07 Å². The van der Waals surface area contributed by atoms with Gasteiger partial charge in [0.15, 0.2) is 5.17 Å². The predicted octanol–water partition coefficient (Wildman–Crippen LogP) is 3.36. The molecular weight excluding hydrogens is 342 g/mol. The highest BCUT2D eigenvalue weighted by Gasteiger charge is 2.32. The standard InChI is InChI=1S/C21H23N3OS/c1-16-6-5-7-17(14-16)15-19-20(25)22-21(26-19)24-12-10-23(11-13-24)18-8-3-2-4-9-18/h2-9,14,19H,10-13,15H2,1H3/t19-/m1/s1. The second-order valence-corrected chi connectivity index (χ2v) is 8.01. The molecule has 0 aliphatic carbocycles. The van der Waals surface area contributed by atoms with Gasteiger partial charge in [0.1, 0.15) is 0 Å². The van der Waals surface area contributed by atoms with Crippen LogP contribution in [-0.2, 0) is 11.2 Å². The second kappa shape index (κ2) is 7.54. The first-order chi connectivity index (χ1) is 12.7. The van der Waals surface area contributed by atoms with Gasteiger partial charge in [-0.05, 0) is 31.0 Å². The first kappa shape index (κ1) is 17.2. The van der Waals surface area contributed by atoms with Crippen LogP contribution in [0.4, 0.5) is 5.69 Å². The lowest BCUT2D eigenvalue weighted by Crippen LogP contribution is -2.47. The Morgan fingerprint density at radius 3 is 2.46 bits per heavy atom. The van der Waals surface area contributed by atoms with Gasteiger partial charge < -0.3 is 9.80 Å². The van der Waals surface area contributed by atoms with Gasteiger partial charge in [0, 0.05) is 31.9 Å². The molecule has 5 heteroatoms. The molecule has 2 aromatic rings. The number of anilines is 1. The summed E-state index contributed by atoms with van der Waals surface area (Å²) in [6.07, 6.45) is 0.752. The Morgan fingerprint density at radius 1 is 1.00 bits per heavy atom. The number of thioether (sulfide) groups is 1. The summed E-state index contributed by atoms with van der Waals surface area (Å²) in [6.45, 7) is 5.82. The van der Waals surface area contributed by atoms with Gasteiger partial charge in [-0.1, -0.05) is 59.8 Å². The Bertz CT molecular complexity index is 813. The van der Waals surface area contributed by atoms with Crippen molar-refractivity contribution >= 4 is 28.5 Å². The zero-order chi connectivity index (χ0) is 17.9. The first-order valence-electron chi connectivity index (χ1n) is 9.09. The fourth-order valence-electron chi connectivity index (χ4n) is 3.49. The first-order valence-corrected chi connectivity index (χ1v) is 9.97. The molecule has 0 N–H and O–H groups in total. The summed E-state index contributed by atoms with van der Waals surface area (Å²) in [5.74, 6) is 0.0111. The average Bonchev–Trinajstić information content (AvgIpc) is 3.03. The zero-order valence-electron chi connectivity index (χ0n) is 15.0. The molecule has 2 aliphatic rings. The van der Waals surface area contributed by atoms with Crippen molar-refractivity contribution < 1.29 is 4.79 Å². The number of carbonyl (C=O) groups excluding carboxylic acids is 1. The van der Waals surface area contributed by atoms with E-state index in [9.17, 15) is 4.79 Å². The minimum Gasteiger partial charge on any atom is -0.368 e. The summed E-state index contributed by atoms with van der Waals surface area (Å²) in [7, 11) is 0. The van der Waals surface area contributed by atoms with E-state index < -0.39 is 0 Å². The number of nitrogens with zero attached hydrogens (tertiary/aromatic N) is 3. The van der Waals surface area contributed by atoms with Gasteiger partial charge in [-0.3, -0.25) is 4.79 Å². The van der Waals surface area contributed by atoms with E-state index in [1.54, 1.807) is 11.8 Å². The Kier molecular flexibility index (Phi) is 4.98. The van der Waals surface area contributed by atoms with Gasteiger partial charge in [-0.2, -0.15) is 4.99 Å². The van der Waals surface area contributed by atoms with Crippen LogP contribution in [0.2, 0.25) is 0 Å².